The molecule has 1 aliphatic carbocycles. The Bertz CT molecular complexity index is 524. The Balaban J connectivity index is 2.25. The zero-order valence-electron chi connectivity index (χ0n) is 13.6. The van der Waals surface area contributed by atoms with Gasteiger partial charge in [-0.2, -0.15) is 5.10 Å². The predicted octanol–water partition coefficient (Wildman–Crippen LogP) is 3.69. The van der Waals surface area contributed by atoms with Crippen molar-refractivity contribution < 1.29 is 4.92 Å². The van der Waals surface area contributed by atoms with Gasteiger partial charge in [0.2, 0.25) is 5.82 Å². The van der Waals surface area contributed by atoms with Gasteiger partial charge in [0.25, 0.3) is 0 Å². The largest absolute Gasteiger partial charge is 0.362 e. The fraction of sp³-hybridized carbons (Fsp3) is 0.800. The number of rotatable bonds is 4. The fourth-order valence-electron chi connectivity index (χ4n) is 3.14. The first kappa shape index (κ1) is 15.8. The van der Waals surface area contributed by atoms with Gasteiger partial charge in [-0.25, -0.2) is 4.68 Å². The van der Waals surface area contributed by atoms with E-state index in [0.29, 0.717) is 23.5 Å². The van der Waals surface area contributed by atoms with Gasteiger partial charge in [0, 0.05) is 19.0 Å². The highest BCUT2D eigenvalue weighted by molar-refractivity contribution is 5.61. The van der Waals surface area contributed by atoms with Crippen LogP contribution in [0.15, 0.2) is 0 Å². The van der Waals surface area contributed by atoms with Gasteiger partial charge in [0.1, 0.15) is 5.69 Å². The molecule has 0 radical (unpaired) electrons. The van der Waals surface area contributed by atoms with Crippen molar-refractivity contribution >= 4 is 11.5 Å². The third-order valence-corrected chi connectivity index (χ3v) is 4.72. The summed E-state index contributed by atoms with van der Waals surface area (Å²) >= 11 is 0. The normalized spacial score (nSPS) is 26.1. The molecule has 1 heterocycles. The molecule has 0 saturated heterocycles. The van der Waals surface area contributed by atoms with Crippen LogP contribution in [0.25, 0.3) is 0 Å². The van der Waals surface area contributed by atoms with E-state index in [2.05, 4.69) is 24.3 Å². The molecule has 1 aliphatic rings. The van der Waals surface area contributed by atoms with E-state index in [1.807, 2.05) is 13.8 Å². The lowest BCUT2D eigenvalue weighted by Gasteiger charge is -2.32. The molecule has 3 unspecified atom stereocenters. The minimum Gasteiger partial charge on any atom is -0.362 e. The van der Waals surface area contributed by atoms with Gasteiger partial charge in [-0.05, 0) is 31.1 Å². The summed E-state index contributed by atoms with van der Waals surface area (Å²) in [6.45, 7) is 8.41. The minimum absolute atomic E-state index is 0.0393. The van der Waals surface area contributed by atoms with Gasteiger partial charge in [-0.15, -0.1) is 0 Å². The molecule has 1 aromatic rings. The summed E-state index contributed by atoms with van der Waals surface area (Å²) in [5, 5.41) is 19.2. The topological polar surface area (TPSA) is 73.0 Å². The van der Waals surface area contributed by atoms with Gasteiger partial charge in [-0.1, -0.05) is 27.7 Å². The van der Waals surface area contributed by atoms with Crippen molar-refractivity contribution in [2.24, 2.45) is 18.9 Å². The fourth-order valence-corrected chi connectivity index (χ4v) is 3.14. The van der Waals surface area contributed by atoms with Gasteiger partial charge in [0.15, 0.2) is 0 Å². The zero-order chi connectivity index (χ0) is 15.7. The van der Waals surface area contributed by atoms with E-state index in [-0.39, 0.29) is 16.5 Å². The third kappa shape index (κ3) is 3.19. The Morgan fingerprint density at radius 2 is 2.00 bits per heavy atom. The number of anilines is 1. The van der Waals surface area contributed by atoms with E-state index in [1.54, 1.807) is 11.7 Å². The second kappa shape index (κ2) is 6.03. The molecule has 1 N–H and O–H groups in total. The van der Waals surface area contributed by atoms with E-state index < -0.39 is 0 Å². The highest BCUT2D eigenvalue weighted by Gasteiger charge is 2.31. The van der Waals surface area contributed by atoms with Crippen molar-refractivity contribution in [1.82, 2.24) is 9.78 Å². The summed E-state index contributed by atoms with van der Waals surface area (Å²) in [6.07, 6.45) is 3.28. The lowest BCUT2D eigenvalue weighted by atomic mass is 9.79. The SMILES string of the molecule is CC(C)c1nn(C)c(NC2CCC(C)C(C)C2)c1[N+](=O)[O-]. The summed E-state index contributed by atoms with van der Waals surface area (Å²) in [5.74, 6) is 1.97. The molecule has 6 heteroatoms. The van der Waals surface area contributed by atoms with Crippen molar-refractivity contribution in [3.8, 4) is 0 Å². The molecule has 1 fully saturated rings. The molecule has 21 heavy (non-hydrogen) atoms. The molecule has 0 aliphatic heterocycles. The Hall–Kier alpha value is -1.59. The minimum atomic E-state index is -0.306. The average Bonchev–Trinajstić information content (AvgIpc) is 2.72. The first-order valence-corrected chi connectivity index (χ1v) is 7.79. The lowest BCUT2D eigenvalue weighted by Crippen LogP contribution is -2.31. The van der Waals surface area contributed by atoms with Gasteiger partial charge in [0.05, 0.1) is 4.92 Å². The highest BCUT2D eigenvalue weighted by atomic mass is 16.6. The Kier molecular flexibility index (Phi) is 4.54. The molecule has 0 bridgehead atoms. The summed E-state index contributed by atoms with van der Waals surface area (Å²) in [4.78, 5) is 11.1. The molecule has 6 nitrogen and oxygen atoms in total. The van der Waals surface area contributed by atoms with Crippen LogP contribution in [0, 0.1) is 22.0 Å². The third-order valence-electron chi connectivity index (χ3n) is 4.72. The van der Waals surface area contributed by atoms with Crippen molar-refractivity contribution in [1.29, 1.82) is 0 Å². The standard InChI is InChI=1S/C15H26N4O2/c1-9(2)13-14(19(20)21)15(18(5)17-13)16-12-7-6-10(3)11(4)8-12/h9-12,16H,6-8H2,1-5H3. The maximum absolute atomic E-state index is 11.4. The van der Waals surface area contributed by atoms with Crippen LogP contribution in [0.5, 0.6) is 0 Å². The average molecular weight is 294 g/mol. The maximum atomic E-state index is 11.4. The number of nitro groups is 1. The molecule has 1 saturated carbocycles. The van der Waals surface area contributed by atoms with E-state index in [1.165, 1.54) is 6.42 Å². The summed E-state index contributed by atoms with van der Waals surface area (Å²) in [6, 6.07) is 0.297. The Labute approximate surface area is 126 Å². The van der Waals surface area contributed by atoms with Crippen LogP contribution >= 0.6 is 0 Å². The first-order chi connectivity index (χ1) is 9.81. The van der Waals surface area contributed by atoms with Gasteiger partial charge in [-0.3, -0.25) is 10.1 Å². The van der Waals surface area contributed by atoms with E-state index in [4.69, 9.17) is 0 Å². The van der Waals surface area contributed by atoms with Crippen LogP contribution in [-0.4, -0.2) is 20.7 Å². The summed E-state index contributed by atoms with van der Waals surface area (Å²) in [7, 11) is 1.77. The number of nitrogens with one attached hydrogen (secondary N) is 1. The number of aryl methyl sites for hydroxylation is 1. The quantitative estimate of drug-likeness (QED) is 0.679. The number of nitrogens with zero attached hydrogens (tertiary/aromatic N) is 3. The van der Waals surface area contributed by atoms with Crippen LogP contribution in [0.4, 0.5) is 11.5 Å². The number of aromatic nitrogens is 2. The predicted molar refractivity (Wildman–Crippen MR) is 83.5 cm³/mol. The molecule has 1 aromatic heterocycles. The van der Waals surface area contributed by atoms with Crippen molar-refractivity contribution in [2.75, 3.05) is 5.32 Å². The molecular weight excluding hydrogens is 268 g/mol. The van der Waals surface area contributed by atoms with Crippen molar-refractivity contribution in [2.45, 2.75) is 58.9 Å². The van der Waals surface area contributed by atoms with E-state index in [0.717, 1.165) is 18.8 Å². The zero-order valence-corrected chi connectivity index (χ0v) is 13.6. The maximum Gasteiger partial charge on any atom is 0.334 e. The van der Waals surface area contributed by atoms with Crippen LogP contribution in [0.3, 0.4) is 0 Å². The monoisotopic (exact) mass is 294 g/mol. The Morgan fingerprint density at radius 1 is 1.33 bits per heavy atom. The van der Waals surface area contributed by atoms with Crippen LogP contribution in [-0.2, 0) is 7.05 Å². The first-order valence-electron chi connectivity index (χ1n) is 7.79. The Morgan fingerprint density at radius 3 is 2.52 bits per heavy atom. The molecule has 0 aromatic carbocycles. The molecule has 118 valence electrons. The smallest absolute Gasteiger partial charge is 0.334 e. The molecule has 0 spiro atoms. The van der Waals surface area contributed by atoms with Crippen LogP contribution < -0.4 is 5.32 Å². The second-order valence-electron chi connectivity index (χ2n) is 6.73. The molecule has 3 atom stereocenters. The van der Waals surface area contributed by atoms with Crippen LogP contribution in [0.2, 0.25) is 0 Å². The number of hydrogen-bond donors (Lipinski definition) is 1. The highest BCUT2D eigenvalue weighted by Crippen LogP contribution is 2.36. The van der Waals surface area contributed by atoms with Crippen LogP contribution in [0.1, 0.15) is 58.6 Å². The van der Waals surface area contributed by atoms with E-state index >= 15 is 0 Å². The number of hydrogen-bond acceptors (Lipinski definition) is 4. The van der Waals surface area contributed by atoms with Gasteiger partial charge < -0.3 is 5.32 Å². The molecular formula is C15H26N4O2. The summed E-state index contributed by atoms with van der Waals surface area (Å²) in [5.41, 5.74) is 0.695. The van der Waals surface area contributed by atoms with Gasteiger partial charge >= 0.3 is 5.69 Å². The molecule has 0 amide bonds. The second-order valence-corrected chi connectivity index (χ2v) is 6.73. The molecule has 2 rings (SSSR count). The van der Waals surface area contributed by atoms with E-state index in [9.17, 15) is 10.1 Å². The van der Waals surface area contributed by atoms with Crippen molar-refractivity contribution in [3.63, 3.8) is 0 Å². The van der Waals surface area contributed by atoms with Crippen molar-refractivity contribution in [3.05, 3.63) is 15.8 Å². The summed E-state index contributed by atoms with van der Waals surface area (Å²) < 4.78 is 1.62. The lowest BCUT2D eigenvalue weighted by molar-refractivity contribution is -0.384.